The van der Waals surface area contributed by atoms with E-state index in [0.717, 1.165) is 50.1 Å². The van der Waals surface area contributed by atoms with E-state index < -0.39 is 0 Å². The largest absolute Gasteiger partial charge is 0.482 e. The van der Waals surface area contributed by atoms with Crippen molar-refractivity contribution in [1.29, 1.82) is 0 Å². The Bertz CT molecular complexity index is 1430. The van der Waals surface area contributed by atoms with Gasteiger partial charge in [-0.3, -0.25) is 19.4 Å². The zero-order valence-electron chi connectivity index (χ0n) is 27.3. The van der Waals surface area contributed by atoms with Crippen molar-refractivity contribution in [3.63, 3.8) is 0 Å². The van der Waals surface area contributed by atoms with Gasteiger partial charge in [-0.2, -0.15) is 0 Å². The molecule has 3 heterocycles. The maximum Gasteiger partial charge on any atom is 0.262 e. The Morgan fingerprint density at radius 2 is 1.53 bits per heavy atom. The molecule has 2 saturated heterocycles. The first-order chi connectivity index (χ1) is 22.3. The number of aliphatic hydroxyl groups excluding tert-OH is 2. The molecule has 6 rings (SSSR count). The maximum atomic E-state index is 13.1. The van der Waals surface area contributed by atoms with Gasteiger partial charge in [0.15, 0.2) is 6.61 Å². The van der Waals surface area contributed by atoms with E-state index in [9.17, 15) is 19.8 Å². The summed E-state index contributed by atoms with van der Waals surface area (Å²) in [5, 5.41) is 25.5. The van der Waals surface area contributed by atoms with Crippen molar-refractivity contribution in [3.8, 4) is 5.75 Å². The van der Waals surface area contributed by atoms with E-state index in [1.54, 1.807) is 17.0 Å². The molecule has 11 heteroatoms. The summed E-state index contributed by atoms with van der Waals surface area (Å²) in [6, 6.07) is 26.1. The molecule has 0 bridgehead atoms. The monoisotopic (exact) mass is 665 g/mol. The van der Waals surface area contributed by atoms with Gasteiger partial charge in [0, 0.05) is 52.4 Å². The Kier molecular flexibility index (Phi) is 13.6. The molecule has 0 aliphatic carbocycles. The number of likely N-dealkylation sites (N-methyl/N-ethyl adjacent to an activating group) is 2. The lowest BCUT2D eigenvalue weighted by Gasteiger charge is -2.32. The molecule has 3 aromatic rings. The number of β-amino-alcohol motifs (C(OH)–C–C–N with tert-alkyl or cyclic N) is 2. The van der Waals surface area contributed by atoms with Crippen LogP contribution in [0.4, 0.5) is 5.69 Å². The van der Waals surface area contributed by atoms with Crippen molar-refractivity contribution in [1.82, 2.24) is 20.0 Å². The number of amides is 2. The number of nitrogens with zero attached hydrogens (tertiary/aromatic N) is 3. The first kappa shape index (κ1) is 36.3. The zero-order valence-corrected chi connectivity index (χ0v) is 28.1. The number of carbonyl (C=O) groups is 2. The van der Waals surface area contributed by atoms with Crippen LogP contribution in [0.25, 0.3) is 0 Å². The van der Waals surface area contributed by atoms with Crippen LogP contribution in [0.15, 0.2) is 78.9 Å². The number of carbonyl (C=O) groups excluding carboxylic acids is 2. The first-order valence-corrected chi connectivity index (χ1v) is 16.2. The minimum Gasteiger partial charge on any atom is -0.482 e. The van der Waals surface area contributed by atoms with Gasteiger partial charge in [0.05, 0.1) is 30.4 Å². The van der Waals surface area contributed by atoms with E-state index in [0.29, 0.717) is 30.6 Å². The highest BCUT2D eigenvalue weighted by molar-refractivity contribution is 5.95. The number of benzene rings is 3. The minimum atomic E-state index is -0.296. The van der Waals surface area contributed by atoms with Gasteiger partial charge >= 0.3 is 0 Å². The topological polar surface area (TPSA) is 118 Å². The van der Waals surface area contributed by atoms with Crippen LogP contribution < -0.4 is 15.4 Å². The number of fused-ring (bicyclic) bond motifs is 1. The summed E-state index contributed by atoms with van der Waals surface area (Å²) >= 11 is 0. The van der Waals surface area contributed by atoms with Crippen molar-refractivity contribution in [2.45, 2.75) is 43.6 Å². The Morgan fingerprint density at radius 3 is 2.11 bits per heavy atom. The van der Waals surface area contributed by atoms with Gasteiger partial charge in [-0.1, -0.05) is 66.7 Å². The van der Waals surface area contributed by atoms with Gasteiger partial charge in [0.2, 0.25) is 5.91 Å². The fourth-order valence-electron chi connectivity index (χ4n) is 6.35. The highest BCUT2D eigenvalue weighted by Gasteiger charge is 2.28. The Labute approximate surface area is 284 Å². The third kappa shape index (κ3) is 10.2. The number of likely N-dealkylation sites (tertiary alicyclic amines) is 2. The molecule has 0 spiro atoms. The van der Waals surface area contributed by atoms with Crippen LogP contribution in [0.3, 0.4) is 0 Å². The van der Waals surface area contributed by atoms with Gasteiger partial charge < -0.3 is 30.5 Å². The third-order valence-corrected chi connectivity index (χ3v) is 8.99. The molecule has 10 nitrogen and oxygen atoms in total. The van der Waals surface area contributed by atoms with Crippen molar-refractivity contribution in [2.24, 2.45) is 0 Å². The minimum absolute atomic E-state index is 0. The fourth-order valence-corrected chi connectivity index (χ4v) is 6.35. The van der Waals surface area contributed by atoms with E-state index in [1.165, 1.54) is 5.56 Å². The fraction of sp³-hybridized carbons (Fsp3) is 0.444. The average molecular weight is 666 g/mol. The van der Waals surface area contributed by atoms with Gasteiger partial charge in [-0.05, 0) is 48.7 Å². The van der Waals surface area contributed by atoms with E-state index in [4.69, 9.17) is 4.74 Å². The molecule has 0 unspecified atom stereocenters. The molecule has 0 radical (unpaired) electrons. The maximum absolute atomic E-state index is 13.1. The van der Waals surface area contributed by atoms with Gasteiger partial charge in [0.25, 0.3) is 5.91 Å². The molecule has 47 heavy (non-hydrogen) atoms. The van der Waals surface area contributed by atoms with Crippen molar-refractivity contribution in [3.05, 3.63) is 95.6 Å². The van der Waals surface area contributed by atoms with E-state index in [-0.39, 0.29) is 55.5 Å². The molecule has 0 aromatic heterocycles. The van der Waals surface area contributed by atoms with Crippen molar-refractivity contribution >= 4 is 29.9 Å². The predicted molar refractivity (Wildman–Crippen MR) is 186 cm³/mol. The number of hydrogen-bond donors (Lipinski definition) is 4. The van der Waals surface area contributed by atoms with Crippen LogP contribution in [0.1, 0.15) is 41.6 Å². The SMILES string of the molecule is CN(C(=O)Cc1ccc2c(c1)NC(=O)CO2)[C@H](CN1CC[C@H](O)C1)c1ccccc1.CN[C@H](CN1CC[C@H](O)C1)c1ccccc1.Cl. The smallest absolute Gasteiger partial charge is 0.262 e. The number of anilines is 1. The number of nitrogens with one attached hydrogen (secondary N) is 2. The Morgan fingerprint density at radius 1 is 0.936 bits per heavy atom. The molecular formula is C36H48ClN5O5. The quantitative estimate of drug-likeness (QED) is 0.261. The predicted octanol–water partition coefficient (Wildman–Crippen LogP) is 3.26. The highest BCUT2D eigenvalue weighted by atomic mass is 35.5. The number of ether oxygens (including phenoxy) is 1. The van der Waals surface area contributed by atoms with Gasteiger partial charge in [-0.15, -0.1) is 12.4 Å². The highest BCUT2D eigenvalue weighted by Crippen LogP contribution is 2.29. The van der Waals surface area contributed by atoms with Crippen molar-refractivity contribution in [2.75, 3.05) is 65.3 Å². The third-order valence-electron chi connectivity index (χ3n) is 8.99. The molecule has 3 aliphatic heterocycles. The average Bonchev–Trinajstić information content (AvgIpc) is 3.69. The molecule has 254 valence electrons. The summed E-state index contributed by atoms with van der Waals surface area (Å²) in [4.78, 5) is 31.0. The summed E-state index contributed by atoms with van der Waals surface area (Å²) in [6.45, 7) is 4.94. The summed E-state index contributed by atoms with van der Waals surface area (Å²) in [5.74, 6) is 0.417. The number of halogens is 1. The molecule has 2 fully saturated rings. The molecule has 2 amide bonds. The van der Waals surface area contributed by atoms with E-state index in [1.807, 2.05) is 56.6 Å². The molecule has 3 aromatic carbocycles. The first-order valence-electron chi connectivity index (χ1n) is 16.2. The van der Waals surface area contributed by atoms with E-state index >= 15 is 0 Å². The summed E-state index contributed by atoms with van der Waals surface area (Å²) < 4.78 is 5.39. The zero-order chi connectivity index (χ0) is 32.5. The lowest BCUT2D eigenvalue weighted by atomic mass is 10.0. The second-order valence-electron chi connectivity index (χ2n) is 12.4. The van der Waals surface area contributed by atoms with Crippen LogP contribution in [0.2, 0.25) is 0 Å². The normalized spacial score (nSPS) is 20.5. The molecular weight excluding hydrogens is 618 g/mol. The van der Waals surface area contributed by atoms with Crippen LogP contribution in [-0.2, 0) is 16.0 Å². The Balaban J connectivity index is 0.000000249. The molecule has 4 atom stereocenters. The van der Waals surface area contributed by atoms with Crippen LogP contribution in [0.5, 0.6) is 5.75 Å². The summed E-state index contributed by atoms with van der Waals surface area (Å²) in [5.41, 5.74) is 3.80. The van der Waals surface area contributed by atoms with Crippen LogP contribution >= 0.6 is 12.4 Å². The summed E-state index contributed by atoms with van der Waals surface area (Å²) in [6.07, 6.45) is 1.47. The van der Waals surface area contributed by atoms with Gasteiger partial charge in [0.1, 0.15) is 5.75 Å². The van der Waals surface area contributed by atoms with Crippen LogP contribution in [-0.4, -0.2) is 109 Å². The van der Waals surface area contributed by atoms with Crippen LogP contribution in [0, 0.1) is 0 Å². The number of aliphatic hydroxyl groups is 2. The second kappa shape index (κ2) is 17.6. The second-order valence-corrected chi connectivity index (χ2v) is 12.4. The van der Waals surface area contributed by atoms with Gasteiger partial charge in [-0.25, -0.2) is 0 Å². The molecule has 4 N–H and O–H groups in total. The summed E-state index contributed by atoms with van der Waals surface area (Å²) in [7, 11) is 3.82. The van der Waals surface area contributed by atoms with Crippen molar-refractivity contribution < 1.29 is 24.5 Å². The van der Waals surface area contributed by atoms with E-state index in [2.05, 4.69) is 44.7 Å². The lowest BCUT2D eigenvalue weighted by molar-refractivity contribution is -0.131. The Hall–Kier alpha value is -3.51. The number of hydrogen-bond acceptors (Lipinski definition) is 8. The molecule has 0 saturated carbocycles. The number of rotatable bonds is 10. The molecule has 3 aliphatic rings. The standard InChI is InChI=1S/C23H27N3O4.C13H20N2O.ClH/c1-25(20(17-5-3-2-4-6-17)14-26-10-9-18(27)13-26)23(29)12-16-7-8-21-19(11-16)24-22(28)15-30-21;1-14-13(11-5-3-2-4-6-11)10-15-8-7-12(16)9-15;/h2-8,11,18,20,27H,9-10,12-15H2,1H3,(H,24,28);2-6,12-14,16H,7-10H2,1H3;1H/t18-,20+;12-,13+;/m00./s1. The lowest BCUT2D eigenvalue weighted by Crippen LogP contribution is -2.39.